The largest absolute Gasteiger partial charge is 0.491 e. The zero-order valence-corrected chi connectivity index (χ0v) is 62.8. The predicted molar refractivity (Wildman–Crippen MR) is 423 cm³/mol. The number of hydrogen-bond donors (Lipinski definition) is 14. The van der Waals surface area contributed by atoms with E-state index < -0.39 is 77.5 Å². The maximum atomic E-state index is 14.5. The molecular formula is C84H98N12O15. The lowest BCUT2D eigenvalue weighted by atomic mass is 10.0. The van der Waals surface area contributed by atoms with Crippen LogP contribution in [0.1, 0.15) is 135 Å². The molecular weight excluding hydrogens is 1420 g/mol. The zero-order valence-electron chi connectivity index (χ0n) is 62.8. The number of fused-ring (bicyclic) bond motifs is 4. The molecule has 111 heavy (non-hydrogen) atoms. The summed E-state index contributed by atoms with van der Waals surface area (Å²) in [6.45, 7) is 8.92. The SMILES string of the molecule is CC(C)C[C@H](NC(=O)c1ccc(NC(=O)[C@H](Cc2c[nH]c3ccccc23)NC(=O)CCC(=O)NCCCCCCOCCNC(=O)CCC(=O)N[C@@H](Cc2c[nH]c3ccccc23)C(=O)Nc2ccc(C(=O)N[C@@H](CC(C)C)C(=O)O)cc2OCCc2c[nH]c3ccccc23)c(OCCc2c[nH]c3ccccc23)c1)C(=O)O. The molecule has 0 bridgehead atoms. The number of aliphatic carboxylic acids is 2. The Morgan fingerprint density at radius 2 is 0.757 bits per heavy atom. The standard InChI is InChI=1S/C84H98N12O15/c1-51(2)41-71(83(105)106)95-79(101)53-25-27-67(73(45-53)110-38-33-55-47-87-63-21-11-7-17-59(55)63)93-81(103)69(43-57-49-89-65-23-13-9-19-61(57)65)91-77(99)31-29-75(97)85-35-15-5-6-16-37-109-40-36-86-76(98)30-32-78(100)92-70(44-58-50-90-66-24-14-10-20-62(58)66)82(104)94-68-28-26-54(80(102)96-72(84(107)108)42-52(3)4)46-74(68)111-39-34-56-48-88-64-22-12-8-18-60(56)64/h7-14,17-28,45-52,69-72,87-90H,5-6,15-16,29-44H2,1-4H3,(H,85,97)(H,86,98)(H,91,99)(H,92,100)(H,93,103)(H,94,104)(H,95,101)(H,96,102)(H,105,106)(H,107,108)/t69-,70-,71-,72-/m0/s1. The lowest BCUT2D eigenvalue weighted by molar-refractivity contribution is -0.140. The van der Waals surface area contributed by atoms with Gasteiger partial charge in [0.05, 0.1) is 31.2 Å². The first kappa shape index (κ1) is 81.3. The van der Waals surface area contributed by atoms with E-state index in [9.17, 15) is 58.2 Å². The molecule has 0 unspecified atom stereocenters. The van der Waals surface area contributed by atoms with Gasteiger partial charge in [-0.1, -0.05) is 113 Å². The number of hydrogen-bond acceptors (Lipinski definition) is 13. The Labute approximate surface area is 642 Å². The fourth-order valence-electron chi connectivity index (χ4n) is 13.2. The van der Waals surface area contributed by atoms with Crippen LogP contribution >= 0.6 is 0 Å². The number of carbonyl (C=O) groups is 10. The molecule has 14 N–H and O–H groups in total. The molecule has 0 aliphatic rings. The van der Waals surface area contributed by atoms with Crippen molar-refractivity contribution >= 4 is 114 Å². The third kappa shape index (κ3) is 23.9. The molecule has 0 aliphatic carbocycles. The average Bonchev–Trinajstić information content (AvgIpc) is 1.80. The molecule has 10 aromatic rings. The molecule has 584 valence electrons. The van der Waals surface area contributed by atoms with E-state index >= 15 is 0 Å². The van der Waals surface area contributed by atoms with Crippen molar-refractivity contribution in [2.45, 2.75) is 142 Å². The molecule has 0 saturated carbocycles. The van der Waals surface area contributed by atoms with Crippen LogP contribution in [-0.2, 0) is 68.8 Å². The van der Waals surface area contributed by atoms with Crippen LogP contribution in [0.15, 0.2) is 158 Å². The number of para-hydroxylation sites is 4. The summed E-state index contributed by atoms with van der Waals surface area (Å²) in [5, 5.41) is 45.9. The second-order valence-electron chi connectivity index (χ2n) is 28.4. The first-order chi connectivity index (χ1) is 53.6. The van der Waals surface area contributed by atoms with Crippen LogP contribution in [0.25, 0.3) is 43.6 Å². The number of carbonyl (C=O) groups excluding carboxylic acids is 8. The summed E-state index contributed by atoms with van der Waals surface area (Å²) < 4.78 is 18.4. The number of carboxylic acid groups (broad SMARTS) is 2. The molecule has 0 saturated heterocycles. The monoisotopic (exact) mass is 1510 g/mol. The third-order valence-electron chi connectivity index (χ3n) is 19.0. The highest BCUT2D eigenvalue weighted by Gasteiger charge is 2.30. The van der Waals surface area contributed by atoms with Crippen LogP contribution in [0.5, 0.6) is 11.5 Å². The molecule has 10 rings (SSSR count). The van der Waals surface area contributed by atoms with E-state index in [1.54, 1.807) is 12.4 Å². The predicted octanol–water partition coefficient (Wildman–Crippen LogP) is 10.7. The zero-order chi connectivity index (χ0) is 78.8. The number of nitrogens with one attached hydrogen (secondary N) is 12. The highest BCUT2D eigenvalue weighted by Crippen LogP contribution is 2.31. The summed E-state index contributed by atoms with van der Waals surface area (Å²) in [7, 11) is 0. The Morgan fingerprint density at radius 3 is 1.16 bits per heavy atom. The summed E-state index contributed by atoms with van der Waals surface area (Å²) in [5.74, 6) is -6.37. The van der Waals surface area contributed by atoms with Crippen LogP contribution in [0.2, 0.25) is 0 Å². The Kier molecular flexibility index (Phi) is 29.5. The minimum absolute atomic E-state index is 0.0141. The van der Waals surface area contributed by atoms with Gasteiger partial charge in [0.2, 0.25) is 35.4 Å². The van der Waals surface area contributed by atoms with E-state index in [1.807, 2.05) is 137 Å². The summed E-state index contributed by atoms with van der Waals surface area (Å²) in [5.41, 5.74) is 7.66. The molecule has 0 radical (unpaired) electrons. The number of H-pyrrole nitrogens is 4. The highest BCUT2D eigenvalue weighted by atomic mass is 16.5. The lowest BCUT2D eigenvalue weighted by Gasteiger charge is -2.21. The van der Waals surface area contributed by atoms with Crippen molar-refractivity contribution in [2.24, 2.45) is 11.8 Å². The second kappa shape index (κ2) is 40.3. The summed E-state index contributed by atoms with van der Waals surface area (Å²) >= 11 is 0. The van der Waals surface area contributed by atoms with E-state index in [0.717, 1.165) is 85.1 Å². The Hall–Kier alpha value is -12.3. The van der Waals surface area contributed by atoms with E-state index in [4.69, 9.17) is 14.2 Å². The maximum absolute atomic E-state index is 14.5. The van der Waals surface area contributed by atoms with Crippen LogP contribution < -0.4 is 52.0 Å². The Balaban J connectivity index is 0.653. The van der Waals surface area contributed by atoms with E-state index in [2.05, 4.69) is 62.5 Å². The third-order valence-corrected chi connectivity index (χ3v) is 19.0. The van der Waals surface area contributed by atoms with Crippen LogP contribution in [-0.4, -0.2) is 153 Å². The first-order valence-corrected chi connectivity index (χ1v) is 37.8. The molecule has 27 heteroatoms. The van der Waals surface area contributed by atoms with Crippen LogP contribution in [0.4, 0.5) is 11.4 Å². The van der Waals surface area contributed by atoms with Crippen molar-refractivity contribution in [3.63, 3.8) is 0 Å². The number of aromatic amines is 4. The van der Waals surface area contributed by atoms with Gasteiger partial charge in [0.15, 0.2) is 0 Å². The van der Waals surface area contributed by atoms with Gasteiger partial charge in [-0.2, -0.15) is 0 Å². The molecule has 0 aliphatic heterocycles. The highest BCUT2D eigenvalue weighted by molar-refractivity contribution is 6.03. The van der Waals surface area contributed by atoms with Gasteiger partial charge in [0.1, 0.15) is 35.7 Å². The number of rotatable bonds is 44. The summed E-state index contributed by atoms with van der Waals surface area (Å²) in [6, 6.07) is 35.0. The lowest BCUT2D eigenvalue weighted by Crippen LogP contribution is -2.45. The minimum atomic E-state index is -1.17. The van der Waals surface area contributed by atoms with E-state index in [1.165, 1.54) is 36.4 Å². The fraction of sp³-hybridized carbons (Fsp3) is 0.357. The number of amides is 8. The van der Waals surface area contributed by atoms with Crippen molar-refractivity contribution in [1.29, 1.82) is 0 Å². The Morgan fingerprint density at radius 1 is 0.387 bits per heavy atom. The van der Waals surface area contributed by atoms with Crippen molar-refractivity contribution < 1.29 is 72.4 Å². The molecule has 27 nitrogen and oxygen atoms in total. The molecule has 4 heterocycles. The number of benzene rings is 6. The van der Waals surface area contributed by atoms with Crippen molar-refractivity contribution in [1.82, 2.24) is 51.8 Å². The van der Waals surface area contributed by atoms with E-state index in [-0.39, 0.29) is 129 Å². The van der Waals surface area contributed by atoms with Gasteiger partial charge < -0.3 is 86.9 Å². The molecule has 8 amide bonds. The fourth-order valence-corrected chi connectivity index (χ4v) is 13.2. The molecule has 4 atom stereocenters. The van der Waals surface area contributed by atoms with Gasteiger partial charge in [-0.15, -0.1) is 0 Å². The van der Waals surface area contributed by atoms with Crippen molar-refractivity contribution in [3.05, 3.63) is 192 Å². The van der Waals surface area contributed by atoms with Crippen LogP contribution in [0, 0.1) is 11.8 Å². The van der Waals surface area contributed by atoms with Gasteiger partial charge >= 0.3 is 11.9 Å². The number of ether oxygens (including phenoxy) is 3. The molecule has 0 spiro atoms. The van der Waals surface area contributed by atoms with Crippen LogP contribution in [0.3, 0.4) is 0 Å². The van der Waals surface area contributed by atoms with Gasteiger partial charge in [-0.25, -0.2) is 9.59 Å². The average molecular weight is 1520 g/mol. The smallest absolute Gasteiger partial charge is 0.326 e. The first-order valence-electron chi connectivity index (χ1n) is 37.8. The number of unbranched alkanes of at least 4 members (excludes halogenated alkanes) is 3. The molecule has 0 fully saturated rings. The van der Waals surface area contributed by atoms with Gasteiger partial charge in [0.25, 0.3) is 11.8 Å². The second-order valence-corrected chi connectivity index (χ2v) is 28.4. The normalized spacial score (nSPS) is 12.5. The maximum Gasteiger partial charge on any atom is 0.326 e. The quantitative estimate of drug-likeness (QED) is 0.0158. The Bertz CT molecular complexity index is 4600. The summed E-state index contributed by atoms with van der Waals surface area (Å²) in [6.07, 6.45) is 11.0. The molecule has 6 aromatic carbocycles. The number of aromatic nitrogens is 4. The van der Waals surface area contributed by atoms with Crippen molar-refractivity contribution in [3.8, 4) is 11.5 Å². The van der Waals surface area contributed by atoms with Crippen molar-refractivity contribution in [2.75, 3.05) is 50.2 Å². The minimum Gasteiger partial charge on any atom is -0.491 e. The summed E-state index contributed by atoms with van der Waals surface area (Å²) in [4.78, 5) is 147. The van der Waals surface area contributed by atoms with Gasteiger partial charge in [-0.3, -0.25) is 38.4 Å². The number of carboxylic acids is 2. The van der Waals surface area contributed by atoms with E-state index in [0.29, 0.717) is 32.4 Å². The van der Waals surface area contributed by atoms with Gasteiger partial charge in [-0.05, 0) is 120 Å². The molecule has 4 aromatic heterocycles. The van der Waals surface area contributed by atoms with Gasteiger partial charge in [0, 0.05) is 151 Å². The topological polar surface area (TPSA) is 398 Å². The number of anilines is 2.